The summed E-state index contributed by atoms with van der Waals surface area (Å²) in [6, 6.07) is 19.6. The molecule has 0 saturated heterocycles. The number of carbonyl (C=O) groups excluding carboxylic acids is 2. The first-order chi connectivity index (χ1) is 14.5. The summed E-state index contributed by atoms with van der Waals surface area (Å²) in [5, 5.41) is 5.22. The van der Waals surface area contributed by atoms with Crippen LogP contribution in [0.15, 0.2) is 78.9 Å². The lowest BCUT2D eigenvalue weighted by Crippen LogP contribution is -2.35. The topological polar surface area (TPSA) is 61.4 Å². The van der Waals surface area contributed by atoms with Crippen LogP contribution in [0.1, 0.15) is 16.8 Å². The van der Waals surface area contributed by atoms with Gasteiger partial charge >= 0.3 is 6.03 Å². The summed E-state index contributed by atoms with van der Waals surface area (Å²) in [5.41, 5.74) is 1.42. The van der Waals surface area contributed by atoms with Crippen molar-refractivity contribution in [2.45, 2.75) is 6.42 Å². The second kappa shape index (κ2) is 10.2. The van der Waals surface area contributed by atoms with E-state index >= 15 is 0 Å². The van der Waals surface area contributed by atoms with Gasteiger partial charge in [0.15, 0.2) is 0 Å². The Bertz CT molecular complexity index is 995. The molecule has 3 aromatic rings. The highest BCUT2D eigenvalue weighted by molar-refractivity contribution is 6.06. The first kappa shape index (κ1) is 21.0. The van der Waals surface area contributed by atoms with Crippen molar-refractivity contribution in [2.75, 3.05) is 23.3 Å². The van der Waals surface area contributed by atoms with Crippen LogP contribution in [-0.2, 0) is 0 Å². The highest BCUT2D eigenvalue weighted by Gasteiger charge is 2.17. The normalized spacial score (nSPS) is 10.3. The van der Waals surface area contributed by atoms with Crippen LogP contribution in [0.3, 0.4) is 0 Å². The molecule has 0 bridgehead atoms. The molecule has 0 fully saturated rings. The maximum atomic E-state index is 13.3. The molecule has 0 unspecified atom stereocenters. The van der Waals surface area contributed by atoms with Crippen molar-refractivity contribution in [1.29, 1.82) is 0 Å². The highest BCUT2D eigenvalue weighted by atomic mass is 19.1. The standard InChI is InChI=1S/C23H21F2N3O2/c24-18-10-12-21(13-11-18)28(22(29)17-6-2-1-3-7-17)15-5-14-26-23(30)27-20-9-4-8-19(25)16-20/h1-4,6-13,16H,5,14-15H2,(H2,26,27,30). The Hall–Kier alpha value is -3.74. The zero-order valence-electron chi connectivity index (χ0n) is 16.1. The van der Waals surface area contributed by atoms with Gasteiger partial charge in [0, 0.05) is 30.0 Å². The molecule has 3 rings (SSSR count). The first-order valence-electron chi connectivity index (χ1n) is 9.46. The quantitative estimate of drug-likeness (QED) is 0.550. The summed E-state index contributed by atoms with van der Waals surface area (Å²) < 4.78 is 26.5. The van der Waals surface area contributed by atoms with E-state index in [1.807, 2.05) is 6.07 Å². The van der Waals surface area contributed by atoms with Gasteiger partial charge in [-0.15, -0.1) is 0 Å². The zero-order valence-corrected chi connectivity index (χ0v) is 16.1. The maximum absolute atomic E-state index is 13.3. The van der Waals surface area contributed by atoms with Crippen LogP contribution in [0.4, 0.5) is 25.0 Å². The van der Waals surface area contributed by atoms with Gasteiger partial charge < -0.3 is 15.5 Å². The van der Waals surface area contributed by atoms with Crippen LogP contribution in [0.25, 0.3) is 0 Å². The SMILES string of the molecule is O=C(NCCCN(C(=O)c1ccccc1)c1ccc(F)cc1)Nc1cccc(F)c1. The van der Waals surface area contributed by atoms with Crippen molar-refractivity contribution < 1.29 is 18.4 Å². The molecule has 154 valence electrons. The maximum Gasteiger partial charge on any atom is 0.319 e. The van der Waals surface area contributed by atoms with Crippen LogP contribution in [-0.4, -0.2) is 25.0 Å². The van der Waals surface area contributed by atoms with E-state index in [4.69, 9.17) is 0 Å². The summed E-state index contributed by atoms with van der Waals surface area (Å²) in [6.45, 7) is 0.612. The number of carbonyl (C=O) groups is 2. The predicted octanol–water partition coefficient (Wildman–Crippen LogP) is 4.82. The number of rotatable bonds is 7. The smallest absolute Gasteiger partial charge is 0.319 e. The molecular formula is C23H21F2N3O2. The lowest BCUT2D eigenvalue weighted by molar-refractivity contribution is 0.0986. The minimum atomic E-state index is -0.469. The van der Waals surface area contributed by atoms with Crippen molar-refractivity contribution in [2.24, 2.45) is 0 Å². The van der Waals surface area contributed by atoms with Gasteiger partial charge in [-0.05, 0) is 61.0 Å². The van der Waals surface area contributed by atoms with Crippen LogP contribution < -0.4 is 15.5 Å². The Labute approximate surface area is 173 Å². The second-order valence-electron chi connectivity index (χ2n) is 6.54. The molecule has 0 aliphatic rings. The van der Waals surface area contributed by atoms with E-state index in [2.05, 4.69) is 10.6 Å². The predicted molar refractivity (Wildman–Crippen MR) is 113 cm³/mol. The fourth-order valence-electron chi connectivity index (χ4n) is 2.89. The third kappa shape index (κ3) is 5.88. The molecule has 3 aromatic carbocycles. The number of amides is 3. The molecule has 7 heteroatoms. The molecule has 0 spiro atoms. The number of hydrogen-bond donors (Lipinski definition) is 2. The van der Waals surface area contributed by atoms with E-state index in [0.29, 0.717) is 36.4 Å². The summed E-state index contributed by atoms with van der Waals surface area (Å²) in [6.07, 6.45) is 0.465. The first-order valence-corrected chi connectivity index (χ1v) is 9.46. The monoisotopic (exact) mass is 409 g/mol. The van der Waals surface area contributed by atoms with Gasteiger partial charge in [0.2, 0.25) is 0 Å². The molecule has 0 aliphatic carbocycles. The highest BCUT2D eigenvalue weighted by Crippen LogP contribution is 2.18. The molecule has 0 atom stereocenters. The van der Waals surface area contributed by atoms with E-state index in [1.165, 1.54) is 30.3 Å². The van der Waals surface area contributed by atoms with Crippen LogP contribution >= 0.6 is 0 Å². The Kier molecular flexibility index (Phi) is 7.10. The molecular weight excluding hydrogens is 388 g/mol. The number of halogens is 2. The van der Waals surface area contributed by atoms with Gasteiger partial charge in [-0.25, -0.2) is 13.6 Å². The van der Waals surface area contributed by atoms with E-state index in [9.17, 15) is 18.4 Å². The van der Waals surface area contributed by atoms with Gasteiger partial charge in [0.05, 0.1) is 0 Å². The van der Waals surface area contributed by atoms with Crippen molar-refractivity contribution >= 4 is 23.3 Å². The number of nitrogens with zero attached hydrogens (tertiary/aromatic N) is 1. The van der Waals surface area contributed by atoms with Crippen LogP contribution in [0, 0.1) is 11.6 Å². The zero-order chi connectivity index (χ0) is 21.3. The van der Waals surface area contributed by atoms with Crippen molar-refractivity contribution in [3.05, 3.63) is 96.1 Å². The van der Waals surface area contributed by atoms with Crippen molar-refractivity contribution in [3.8, 4) is 0 Å². The third-order valence-corrected chi connectivity index (χ3v) is 4.33. The molecule has 2 N–H and O–H groups in total. The van der Waals surface area contributed by atoms with E-state index < -0.39 is 11.8 Å². The molecule has 0 heterocycles. The van der Waals surface area contributed by atoms with E-state index in [0.717, 1.165) is 0 Å². The summed E-state index contributed by atoms with van der Waals surface area (Å²) >= 11 is 0. The molecule has 0 radical (unpaired) electrons. The fraction of sp³-hybridized carbons (Fsp3) is 0.130. The minimum absolute atomic E-state index is 0.216. The Morgan fingerprint density at radius 2 is 1.57 bits per heavy atom. The number of nitrogens with one attached hydrogen (secondary N) is 2. The average molecular weight is 409 g/mol. The summed E-state index contributed by atoms with van der Waals surface area (Å²) in [7, 11) is 0. The van der Waals surface area contributed by atoms with E-state index in [-0.39, 0.29) is 11.7 Å². The van der Waals surface area contributed by atoms with Gasteiger partial charge in [-0.1, -0.05) is 24.3 Å². The lowest BCUT2D eigenvalue weighted by Gasteiger charge is -2.23. The number of benzene rings is 3. The average Bonchev–Trinajstić information content (AvgIpc) is 2.75. The molecule has 30 heavy (non-hydrogen) atoms. The summed E-state index contributed by atoms with van der Waals surface area (Å²) in [5.74, 6) is -1.05. The molecule has 3 amide bonds. The van der Waals surface area contributed by atoms with Crippen molar-refractivity contribution in [1.82, 2.24) is 5.32 Å². The fourth-order valence-corrected chi connectivity index (χ4v) is 2.89. The van der Waals surface area contributed by atoms with Gasteiger partial charge in [0.1, 0.15) is 11.6 Å². The van der Waals surface area contributed by atoms with Crippen LogP contribution in [0.5, 0.6) is 0 Å². The second-order valence-corrected chi connectivity index (χ2v) is 6.54. The Morgan fingerprint density at radius 3 is 2.27 bits per heavy atom. The molecule has 0 saturated carbocycles. The van der Waals surface area contributed by atoms with Gasteiger partial charge in [-0.3, -0.25) is 4.79 Å². The number of anilines is 2. The van der Waals surface area contributed by atoms with Crippen molar-refractivity contribution in [3.63, 3.8) is 0 Å². The number of hydrogen-bond acceptors (Lipinski definition) is 2. The minimum Gasteiger partial charge on any atom is -0.338 e. The number of urea groups is 1. The summed E-state index contributed by atoms with van der Waals surface area (Å²) in [4.78, 5) is 26.4. The molecule has 0 aromatic heterocycles. The van der Waals surface area contributed by atoms with Gasteiger partial charge in [-0.2, -0.15) is 0 Å². The Balaban J connectivity index is 1.59. The Morgan fingerprint density at radius 1 is 0.833 bits per heavy atom. The molecule has 5 nitrogen and oxygen atoms in total. The van der Waals surface area contributed by atoms with Crippen LogP contribution in [0.2, 0.25) is 0 Å². The lowest BCUT2D eigenvalue weighted by atomic mass is 10.1. The van der Waals surface area contributed by atoms with Gasteiger partial charge in [0.25, 0.3) is 5.91 Å². The van der Waals surface area contributed by atoms with E-state index in [1.54, 1.807) is 47.4 Å². The largest absolute Gasteiger partial charge is 0.338 e. The molecule has 0 aliphatic heterocycles. The third-order valence-electron chi connectivity index (χ3n) is 4.33.